The lowest BCUT2D eigenvalue weighted by atomic mass is 10.1. The molecule has 0 saturated heterocycles. The molecule has 1 saturated carbocycles. The number of halogens is 3. The standard InChI is InChI=1S/C22H20ClF2N3O2/c1-29-20-17(24)10-18(19(25)21(20)30-13-14-6-7-14)28(16-5-3-9-27-12-16)22(23)15-4-2-8-26-11-15/h2-5,8-12,14,22H,6-7,13H2,1H3. The highest BCUT2D eigenvalue weighted by Crippen LogP contribution is 2.45. The van der Waals surface area contributed by atoms with Gasteiger partial charge in [0.2, 0.25) is 5.75 Å². The minimum Gasteiger partial charge on any atom is -0.490 e. The number of pyridine rings is 2. The lowest BCUT2D eigenvalue weighted by Gasteiger charge is -2.30. The molecule has 1 fully saturated rings. The third kappa shape index (κ3) is 4.16. The van der Waals surface area contributed by atoms with E-state index in [2.05, 4.69) is 9.97 Å². The van der Waals surface area contributed by atoms with Gasteiger partial charge in [0, 0.05) is 30.2 Å². The lowest BCUT2D eigenvalue weighted by Crippen LogP contribution is -2.22. The molecule has 5 nitrogen and oxygen atoms in total. The summed E-state index contributed by atoms with van der Waals surface area (Å²) in [5.41, 5.74) is 0.134. The first kappa shape index (κ1) is 20.3. The van der Waals surface area contributed by atoms with Gasteiger partial charge in [-0.15, -0.1) is 0 Å². The van der Waals surface area contributed by atoms with Gasteiger partial charge in [0.1, 0.15) is 5.50 Å². The number of hydrogen-bond acceptors (Lipinski definition) is 5. The number of rotatable bonds is 8. The Morgan fingerprint density at radius 3 is 2.47 bits per heavy atom. The van der Waals surface area contributed by atoms with E-state index in [-0.39, 0.29) is 17.2 Å². The van der Waals surface area contributed by atoms with Gasteiger partial charge in [-0.05, 0) is 37.0 Å². The number of methoxy groups -OCH3 is 1. The number of anilines is 2. The van der Waals surface area contributed by atoms with E-state index >= 15 is 4.39 Å². The van der Waals surface area contributed by atoms with Crippen molar-refractivity contribution in [2.75, 3.05) is 18.6 Å². The number of ether oxygens (including phenoxy) is 2. The summed E-state index contributed by atoms with van der Waals surface area (Å²) >= 11 is 6.73. The molecule has 8 heteroatoms. The van der Waals surface area contributed by atoms with E-state index in [1.165, 1.54) is 18.2 Å². The van der Waals surface area contributed by atoms with Crippen LogP contribution >= 0.6 is 11.6 Å². The highest BCUT2D eigenvalue weighted by atomic mass is 35.5. The molecule has 1 aliphatic carbocycles. The predicted molar refractivity (Wildman–Crippen MR) is 110 cm³/mol. The normalized spacial score (nSPS) is 14.3. The molecule has 1 atom stereocenters. The van der Waals surface area contributed by atoms with Gasteiger partial charge in [0.25, 0.3) is 0 Å². The molecule has 0 spiro atoms. The van der Waals surface area contributed by atoms with Crippen LogP contribution in [0.15, 0.2) is 55.1 Å². The van der Waals surface area contributed by atoms with Crippen molar-refractivity contribution in [2.45, 2.75) is 18.3 Å². The Hall–Kier alpha value is -2.93. The molecule has 0 amide bonds. The van der Waals surface area contributed by atoms with Crippen LogP contribution in [0.2, 0.25) is 0 Å². The zero-order valence-corrected chi connectivity index (χ0v) is 17.0. The summed E-state index contributed by atoms with van der Waals surface area (Å²) in [5, 5.41) is 0. The second kappa shape index (κ2) is 8.83. The maximum atomic E-state index is 15.7. The van der Waals surface area contributed by atoms with E-state index in [0.717, 1.165) is 18.9 Å². The van der Waals surface area contributed by atoms with Crippen LogP contribution in [0.5, 0.6) is 11.5 Å². The summed E-state index contributed by atoms with van der Waals surface area (Å²) in [6.07, 6.45) is 8.32. The predicted octanol–water partition coefficient (Wildman–Crippen LogP) is 5.63. The fourth-order valence-electron chi connectivity index (χ4n) is 3.11. The van der Waals surface area contributed by atoms with Crippen molar-refractivity contribution in [1.29, 1.82) is 0 Å². The van der Waals surface area contributed by atoms with Gasteiger partial charge in [0.15, 0.2) is 17.4 Å². The average molecular weight is 432 g/mol. The molecule has 1 aromatic carbocycles. The molecule has 0 bridgehead atoms. The van der Waals surface area contributed by atoms with Crippen LogP contribution < -0.4 is 14.4 Å². The van der Waals surface area contributed by atoms with E-state index in [4.69, 9.17) is 21.1 Å². The molecule has 0 N–H and O–H groups in total. The van der Waals surface area contributed by atoms with E-state index in [1.54, 1.807) is 42.9 Å². The molecule has 2 heterocycles. The molecular weight excluding hydrogens is 412 g/mol. The summed E-state index contributed by atoms with van der Waals surface area (Å²) in [5.74, 6) is -1.68. The molecule has 30 heavy (non-hydrogen) atoms. The Balaban J connectivity index is 1.83. The van der Waals surface area contributed by atoms with E-state index in [9.17, 15) is 4.39 Å². The van der Waals surface area contributed by atoms with Crippen molar-refractivity contribution in [3.8, 4) is 11.5 Å². The first-order valence-electron chi connectivity index (χ1n) is 9.52. The van der Waals surface area contributed by atoms with E-state index in [1.807, 2.05) is 0 Å². The molecule has 1 unspecified atom stereocenters. The highest BCUT2D eigenvalue weighted by molar-refractivity contribution is 6.22. The van der Waals surface area contributed by atoms with Crippen molar-refractivity contribution in [3.05, 3.63) is 72.3 Å². The summed E-state index contributed by atoms with van der Waals surface area (Å²) < 4.78 is 41.3. The first-order valence-corrected chi connectivity index (χ1v) is 9.95. The second-order valence-corrected chi connectivity index (χ2v) is 7.43. The minimum atomic E-state index is -0.874. The Morgan fingerprint density at radius 2 is 1.87 bits per heavy atom. The monoisotopic (exact) mass is 431 g/mol. The zero-order chi connectivity index (χ0) is 21.1. The largest absolute Gasteiger partial charge is 0.490 e. The Bertz CT molecular complexity index is 1000. The van der Waals surface area contributed by atoms with Crippen LogP contribution in [-0.2, 0) is 0 Å². The van der Waals surface area contributed by atoms with E-state index < -0.39 is 17.1 Å². The molecule has 1 aliphatic rings. The number of alkyl halides is 1. The van der Waals surface area contributed by atoms with Crippen LogP contribution in [-0.4, -0.2) is 23.7 Å². The Kier molecular flexibility index (Phi) is 5.99. The van der Waals surface area contributed by atoms with Gasteiger partial charge in [-0.2, -0.15) is 0 Å². The minimum absolute atomic E-state index is 0.0871. The SMILES string of the molecule is COc1c(F)cc(N(c2cccnc2)C(Cl)c2cccnc2)c(F)c1OCC1CC1. The summed E-state index contributed by atoms with van der Waals surface area (Å²) in [7, 11) is 1.28. The summed E-state index contributed by atoms with van der Waals surface area (Å²) in [4.78, 5) is 9.62. The maximum absolute atomic E-state index is 15.7. The smallest absolute Gasteiger partial charge is 0.202 e. The number of benzene rings is 1. The highest BCUT2D eigenvalue weighted by Gasteiger charge is 2.31. The molecule has 2 aromatic heterocycles. The van der Waals surface area contributed by atoms with Gasteiger partial charge in [0.05, 0.1) is 31.3 Å². The average Bonchev–Trinajstić information content (AvgIpc) is 3.60. The van der Waals surface area contributed by atoms with Gasteiger partial charge >= 0.3 is 0 Å². The van der Waals surface area contributed by atoms with Crippen molar-refractivity contribution in [2.24, 2.45) is 5.92 Å². The van der Waals surface area contributed by atoms with Crippen molar-refractivity contribution >= 4 is 23.0 Å². The molecule has 0 aliphatic heterocycles. The van der Waals surface area contributed by atoms with Crippen LogP contribution in [0, 0.1) is 17.6 Å². The van der Waals surface area contributed by atoms with Crippen molar-refractivity contribution < 1.29 is 18.3 Å². The summed E-state index contributed by atoms with van der Waals surface area (Å²) in [6.45, 7) is 0.302. The number of aromatic nitrogens is 2. The number of hydrogen-bond donors (Lipinski definition) is 0. The molecule has 156 valence electrons. The molecular formula is C22H20ClF2N3O2. The third-order valence-corrected chi connectivity index (χ3v) is 5.29. The first-order chi connectivity index (χ1) is 14.6. The van der Waals surface area contributed by atoms with Gasteiger partial charge in [-0.1, -0.05) is 17.7 Å². The zero-order valence-electron chi connectivity index (χ0n) is 16.3. The molecule has 3 aromatic rings. The van der Waals surface area contributed by atoms with Crippen LogP contribution in [0.4, 0.5) is 20.2 Å². The topological polar surface area (TPSA) is 47.5 Å². The number of nitrogens with zero attached hydrogens (tertiary/aromatic N) is 3. The van der Waals surface area contributed by atoms with Crippen LogP contribution in [0.1, 0.15) is 23.9 Å². The third-order valence-electron chi connectivity index (χ3n) is 4.85. The van der Waals surface area contributed by atoms with Crippen molar-refractivity contribution in [1.82, 2.24) is 9.97 Å². The Morgan fingerprint density at radius 1 is 1.13 bits per heavy atom. The van der Waals surface area contributed by atoms with E-state index in [0.29, 0.717) is 23.8 Å². The van der Waals surface area contributed by atoms with Crippen molar-refractivity contribution in [3.63, 3.8) is 0 Å². The maximum Gasteiger partial charge on any atom is 0.202 e. The molecule has 4 rings (SSSR count). The summed E-state index contributed by atoms with van der Waals surface area (Å²) in [6, 6.07) is 7.94. The lowest BCUT2D eigenvalue weighted by molar-refractivity contribution is 0.261. The van der Waals surface area contributed by atoms with Crippen LogP contribution in [0.3, 0.4) is 0 Å². The molecule has 0 radical (unpaired) electrons. The van der Waals surface area contributed by atoms with Gasteiger partial charge in [-0.25, -0.2) is 8.78 Å². The van der Waals surface area contributed by atoms with Crippen LogP contribution in [0.25, 0.3) is 0 Å². The second-order valence-electron chi connectivity index (χ2n) is 7.01. The quantitative estimate of drug-likeness (QED) is 0.342. The Labute approximate surface area is 178 Å². The fourth-order valence-corrected chi connectivity index (χ4v) is 3.45. The fraction of sp³-hybridized carbons (Fsp3) is 0.273. The van der Waals surface area contributed by atoms with Gasteiger partial charge < -0.3 is 14.4 Å². The van der Waals surface area contributed by atoms with Gasteiger partial charge in [-0.3, -0.25) is 9.97 Å².